The van der Waals surface area contributed by atoms with E-state index >= 15 is 0 Å². The summed E-state index contributed by atoms with van der Waals surface area (Å²) >= 11 is 0. The minimum Gasteiger partial charge on any atom is -0.320 e. The molecule has 0 aliphatic heterocycles. The van der Waals surface area contributed by atoms with Gasteiger partial charge in [-0.2, -0.15) is 5.10 Å². The molecule has 0 spiro atoms. The van der Waals surface area contributed by atoms with Crippen LogP contribution in [0.3, 0.4) is 0 Å². The number of nitrogens with zero attached hydrogens (tertiary/aromatic N) is 1. The quantitative estimate of drug-likeness (QED) is 0.654. The lowest BCUT2D eigenvalue weighted by molar-refractivity contribution is -0.117. The highest BCUT2D eigenvalue weighted by Gasteiger charge is 2.19. The zero-order valence-electron chi connectivity index (χ0n) is 14.0. The molecule has 1 unspecified atom stereocenters. The molecule has 0 aromatic carbocycles. The van der Waals surface area contributed by atoms with Crippen LogP contribution in [0.15, 0.2) is 6.07 Å². The smallest absolute Gasteiger partial charge is 0.242 e. The number of H-pyrrole nitrogens is 1. The molecule has 1 aliphatic rings. The van der Waals surface area contributed by atoms with E-state index in [9.17, 15) is 13.2 Å². The first-order valence-corrected chi connectivity index (χ1v) is 10.2. The Morgan fingerprint density at radius 1 is 1.38 bits per heavy atom. The summed E-state index contributed by atoms with van der Waals surface area (Å²) in [6.45, 7) is 0. The number of aromatic nitrogens is 2. The van der Waals surface area contributed by atoms with Gasteiger partial charge in [-0.05, 0) is 19.3 Å². The molecular formula is C15H27ClN4O3S. The van der Waals surface area contributed by atoms with Crippen LogP contribution >= 0.6 is 12.4 Å². The second-order valence-corrected chi connectivity index (χ2v) is 8.67. The molecule has 1 saturated carbocycles. The second-order valence-electron chi connectivity index (χ2n) is 6.41. The van der Waals surface area contributed by atoms with Crippen molar-refractivity contribution < 1.29 is 13.2 Å². The molecule has 0 radical (unpaired) electrons. The monoisotopic (exact) mass is 378 g/mol. The fourth-order valence-electron chi connectivity index (χ4n) is 2.89. The summed E-state index contributed by atoms with van der Waals surface area (Å²) in [4.78, 5) is 12.0. The molecule has 1 atom stereocenters. The minimum atomic E-state index is -3.12. The predicted octanol–water partition coefficient (Wildman–Crippen LogP) is 1.97. The standard InChI is InChI=1S/C15H26N4O3S.ClH/c1-23(21,22)9-8-12(16)15(20)17-14-10-13(18-19-14)11-6-4-2-3-5-7-11;/h10-12H,2-9,16H2,1H3,(H2,17,18,19,20);1H. The SMILES string of the molecule is CS(=O)(=O)CCC(N)C(=O)Nc1cc(C2CCCCCC2)[nH]n1.Cl. The Hall–Kier alpha value is -1.12. The number of hydrogen-bond acceptors (Lipinski definition) is 5. The van der Waals surface area contributed by atoms with Crippen molar-refractivity contribution in [1.29, 1.82) is 0 Å². The molecule has 0 saturated heterocycles. The largest absolute Gasteiger partial charge is 0.320 e. The maximum Gasteiger partial charge on any atom is 0.242 e. The van der Waals surface area contributed by atoms with E-state index in [1.165, 1.54) is 25.7 Å². The first-order valence-electron chi connectivity index (χ1n) is 8.14. The van der Waals surface area contributed by atoms with Crippen molar-refractivity contribution >= 4 is 34.0 Å². The van der Waals surface area contributed by atoms with Crippen molar-refractivity contribution in [3.05, 3.63) is 11.8 Å². The van der Waals surface area contributed by atoms with Crippen molar-refractivity contribution in [2.24, 2.45) is 5.73 Å². The zero-order valence-corrected chi connectivity index (χ0v) is 15.6. The molecule has 1 fully saturated rings. The van der Waals surface area contributed by atoms with E-state index in [4.69, 9.17) is 5.73 Å². The molecule has 1 aromatic rings. The van der Waals surface area contributed by atoms with Crippen molar-refractivity contribution in [2.45, 2.75) is 56.9 Å². The number of carbonyl (C=O) groups excluding carboxylic acids is 1. The van der Waals surface area contributed by atoms with Gasteiger partial charge < -0.3 is 11.1 Å². The molecule has 0 bridgehead atoms. The number of carbonyl (C=O) groups is 1. The summed E-state index contributed by atoms with van der Waals surface area (Å²) in [6, 6.07) is 1.000. The first kappa shape index (κ1) is 20.9. The van der Waals surface area contributed by atoms with E-state index in [0.29, 0.717) is 11.7 Å². The molecule has 138 valence electrons. The van der Waals surface area contributed by atoms with Crippen LogP contribution in [-0.4, -0.2) is 42.6 Å². The maximum atomic E-state index is 12.0. The Labute approximate surface area is 149 Å². The van der Waals surface area contributed by atoms with E-state index in [1.54, 1.807) is 0 Å². The van der Waals surface area contributed by atoms with Crippen LogP contribution in [0.4, 0.5) is 5.82 Å². The number of amides is 1. The van der Waals surface area contributed by atoms with Crippen LogP contribution in [0, 0.1) is 0 Å². The van der Waals surface area contributed by atoms with Crippen LogP contribution < -0.4 is 11.1 Å². The lowest BCUT2D eigenvalue weighted by atomic mass is 9.97. The van der Waals surface area contributed by atoms with E-state index in [1.807, 2.05) is 6.07 Å². The molecular weight excluding hydrogens is 352 g/mol. The highest BCUT2D eigenvalue weighted by atomic mass is 35.5. The normalized spacial score (nSPS) is 17.6. The molecule has 4 N–H and O–H groups in total. The molecule has 1 heterocycles. The molecule has 1 aliphatic carbocycles. The average Bonchev–Trinajstić information content (AvgIpc) is 2.77. The molecule has 2 rings (SSSR count). The van der Waals surface area contributed by atoms with Gasteiger partial charge in [0.15, 0.2) is 5.82 Å². The van der Waals surface area contributed by atoms with Gasteiger partial charge in [0.05, 0.1) is 11.8 Å². The lowest BCUT2D eigenvalue weighted by Crippen LogP contribution is -2.37. The number of sulfone groups is 1. The molecule has 1 amide bonds. The first-order chi connectivity index (χ1) is 10.8. The Bertz CT molecular complexity index is 624. The lowest BCUT2D eigenvalue weighted by Gasteiger charge is -2.11. The van der Waals surface area contributed by atoms with Crippen molar-refractivity contribution in [3.8, 4) is 0 Å². The van der Waals surface area contributed by atoms with Crippen molar-refractivity contribution in [2.75, 3.05) is 17.3 Å². The number of anilines is 1. The third kappa shape index (κ3) is 6.78. The van der Waals surface area contributed by atoms with E-state index in [-0.39, 0.29) is 24.6 Å². The van der Waals surface area contributed by atoms with Crippen LogP contribution in [0.25, 0.3) is 0 Å². The summed E-state index contributed by atoms with van der Waals surface area (Å²) in [5.74, 6) is 0.404. The van der Waals surface area contributed by atoms with Crippen LogP contribution in [0.5, 0.6) is 0 Å². The fourth-order valence-corrected chi connectivity index (χ4v) is 3.57. The van der Waals surface area contributed by atoms with Gasteiger partial charge in [-0.15, -0.1) is 12.4 Å². The average molecular weight is 379 g/mol. The van der Waals surface area contributed by atoms with E-state index in [0.717, 1.165) is 24.8 Å². The van der Waals surface area contributed by atoms with Gasteiger partial charge in [-0.25, -0.2) is 8.42 Å². The number of rotatable bonds is 6. The third-order valence-electron chi connectivity index (χ3n) is 4.28. The summed E-state index contributed by atoms with van der Waals surface area (Å²) in [6.07, 6.45) is 8.53. The van der Waals surface area contributed by atoms with Gasteiger partial charge >= 0.3 is 0 Å². The molecule has 1 aromatic heterocycles. The number of aromatic amines is 1. The summed E-state index contributed by atoms with van der Waals surface area (Å²) in [7, 11) is -3.12. The number of hydrogen-bond donors (Lipinski definition) is 3. The van der Waals surface area contributed by atoms with E-state index in [2.05, 4.69) is 15.5 Å². The Balaban J connectivity index is 0.00000288. The van der Waals surface area contributed by atoms with Gasteiger partial charge in [0.25, 0.3) is 0 Å². The Morgan fingerprint density at radius 2 is 2.00 bits per heavy atom. The van der Waals surface area contributed by atoms with Gasteiger partial charge in [-0.1, -0.05) is 25.7 Å². The van der Waals surface area contributed by atoms with Gasteiger partial charge in [0.1, 0.15) is 9.84 Å². The van der Waals surface area contributed by atoms with Crippen LogP contribution in [0.1, 0.15) is 56.6 Å². The topological polar surface area (TPSA) is 118 Å². The van der Waals surface area contributed by atoms with Crippen molar-refractivity contribution in [1.82, 2.24) is 10.2 Å². The second kappa shape index (κ2) is 9.39. The van der Waals surface area contributed by atoms with Crippen LogP contribution in [-0.2, 0) is 14.6 Å². The predicted molar refractivity (Wildman–Crippen MR) is 97.2 cm³/mol. The molecule has 24 heavy (non-hydrogen) atoms. The summed E-state index contributed by atoms with van der Waals surface area (Å²) < 4.78 is 22.2. The fraction of sp³-hybridized carbons (Fsp3) is 0.733. The number of halogens is 1. The molecule has 9 heteroatoms. The number of nitrogens with one attached hydrogen (secondary N) is 2. The van der Waals surface area contributed by atoms with Gasteiger partial charge in [0.2, 0.25) is 5.91 Å². The third-order valence-corrected chi connectivity index (χ3v) is 5.26. The summed E-state index contributed by atoms with van der Waals surface area (Å²) in [5.41, 5.74) is 6.78. The summed E-state index contributed by atoms with van der Waals surface area (Å²) in [5, 5.41) is 9.78. The van der Waals surface area contributed by atoms with Gasteiger partial charge in [-0.3, -0.25) is 9.89 Å². The molecule has 7 nitrogen and oxygen atoms in total. The Morgan fingerprint density at radius 3 is 2.58 bits per heavy atom. The zero-order chi connectivity index (χ0) is 16.9. The maximum absolute atomic E-state index is 12.0. The van der Waals surface area contributed by atoms with Crippen molar-refractivity contribution in [3.63, 3.8) is 0 Å². The Kier molecular flexibility index (Phi) is 8.18. The highest BCUT2D eigenvalue weighted by Crippen LogP contribution is 2.31. The van der Waals surface area contributed by atoms with E-state index < -0.39 is 21.8 Å². The highest BCUT2D eigenvalue weighted by molar-refractivity contribution is 7.90. The van der Waals surface area contributed by atoms with Crippen LogP contribution in [0.2, 0.25) is 0 Å². The number of nitrogens with two attached hydrogens (primary N) is 1. The van der Waals surface area contributed by atoms with Gasteiger partial charge in [0, 0.05) is 23.9 Å². The minimum absolute atomic E-state index is 0.